The zero-order valence-corrected chi connectivity index (χ0v) is 10.1. The van der Waals surface area contributed by atoms with Crippen LogP contribution in [0.15, 0.2) is 27.6 Å². The Bertz CT molecular complexity index is 390. The van der Waals surface area contributed by atoms with Gasteiger partial charge in [-0.1, -0.05) is 15.9 Å². The number of esters is 1. The summed E-state index contributed by atoms with van der Waals surface area (Å²) in [6.45, 7) is 0. The molecule has 0 aliphatic rings. The first-order chi connectivity index (χ1) is 6.54. The van der Waals surface area contributed by atoms with Crippen LogP contribution in [-0.4, -0.2) is 23.5 Å². The van der Waals surface area contributed by atoms with Crippen molar-refractivity contribution in [3.63, 3.8) is 0 Å². The highest BCUT2D eigenvalue weighted by molar-refractivity contribution is 9.10. The van der Waals surface area contributed by atoms with Crippen molar-refractivity contribution in [3.8, 4) is 0 Å². The molecule has 5 heteroatoms. The third-order valence-corrected chi connectivity index (χ3v) is 2.98. The van der Waals surface area contributed by atoms with Crippen molar-refractivity contribution in [2.45, 2.75) is 4.90 Å². The van der Waals surface area contributed by atoms with Crippen LogP contribution in [0.1, 0.15) is 10.4 Å². The predicted octanol–water partition coefficient (Wildman–Crippen LogP) is 1.97. The van der Waals surface area contributed by atoms with E-state index in [1.807, 2.05) is 0 Å². The number of carbonyl (C=O) groups excluding carboxylic acids is 1. The fourth-order valence-electron chi connectivity index (χ4n) is 0.964. The van der Waals surface area contributed by atoms with Crippen molar-refractivity contribution in [3.05, 3.63) is 28.2 Å². The molecule has 0 aliphatic carbocycles. The zero-order chi connectivity index (χ0) is 10.7. The molecule has 0 radical (unpaired) electrons. The largest absolute Gasteiger partial charge is 0.465 e. The lowest BCUT2D eigenvalue weighted by molar-refractivity contribution is 0.0600. The number of rotatable bonds is 2. The number of hydrogen-bond acceptors (Lipinski definition) is 3. The van der Waals surface area contributed by atoms with Crippen molar-refractivity contribution in [2.75, 3.05) is 13.4 Å². The Balaban J connectivity index is 3.20. The molecular weight excluding hydrogens is 268 g/mol. The molecule has 1 unspecified atom stereocenters. The fraction of sp³-hybridized carbons (Fsp3) is 0.222. The molecule has 1 aromatic rings. The van der Waals surface area contributed by atoms with Crippen LogP contribution in [0.5, 0.6) is 0 Å². The van der Waals surface area contributed by atoms with Crippen molar-refractivity contribution in [1.29, 1.82) is 0 Å². The third kappa shape index (κ3) is 2.65. The van der Waals surface area contributed by atoms with Crippen LogP contribution in [0, 0.1) is 0 Å². The molecular formula is C9H9BrO3S. The minimum Gasteiger partial charge on any atom is -0.465 e. The van der Waals surface area contributed by atoms with Gasteiger partial charge in [-0.3, -0.25) is 4.21 Å². The van der Waals surface area contributed by atoms with E-state index >= 15 is 0 Å². The first kappa shape index (κ1) is 11.4. The second-order valence-electron chi connectivity index (χ2n) is 2.62. The molecule has 1 rings (SSSR count). The molecule has 0 aromatic heterocycles. The van der Waals surface area contributed by atoms with Gasteiger partial charge in [0.2, 0.25) is 0 Å². The van der Waals surface area contributed by atoms with Gasteiger partial charge in [0.15, 0.2) is 0 Å². The van der Waals surface area contributed by atoms with Gasteiger partial charge in [-0.25, -0.2) is 4.79 Å². The highest BCUT2D eigenvalue weighted by Crippen LogP contribution is 2.18. The minimum atomic E-state index is -1.11. The Morgan fingerprint density at radius 2 is 2.07 bits per heavy atom. The molecule has 0 saturated carbocycles. The molecule has 76 valence electrons. The van der Waals surface area contributed by atoms with Gasteiger partial charge >= 0.3 is 5.97 Å². The van der Waals surface area contributed by atoms with Gasteiger partial charge < -0.3 is 4.74 Å². The van der Waals surface area contributed by atoms with Crippen LogP contribution in [0.3, 0.4) is 0 Å². The third-order valence-electron chi connectivity index (χ3n) is 1.62. The average molecular weight is 277 g/mol. The van der Waals surface area contributed by atoms with Crippen LogP contribution in [0.2, 0.25) is 0 Å². The van der Waals surface area contributed by atoms with E-state index in [9.17, 15) is 9.00 Å². The zero-order valence-electron chi connectivity index (χ0n) is 7.74. The molecule has 0 N–H and O–H groups in total. The monoisotopic (exact) mass is 276 g/mol. The van der Waals surface area contributed by atoms with Gasteiger partial charge in [-0.2, -0.15) is 0 Å². The number of methoxy groups -OCH3 is 1. The summed E-state index contributed by atoms with van der Waals surface area (Å²) in [5.74, 6) is -0.432. The van der Waals surface area contributed by atoms with Gasteiger partial charge in [0.05, 0.1) is 12.7 Å². The maximum absolute atomic E-state index is 11.2. The standard InChI is InChI=1S/C9H9BrO3S/c1-13-9(11)6-3-7(10)5-8(4-6)14(2)12/h3-5H,1-2H3. The predicted molar refractivity (Wildman–Crippen MR) is 57.8 cm³/mol. The van der Waals surface area contributed by atoms with Gasteiger partial charge in [-0.05, 0) is 18.2 Å². The summed E-state index contributed by atoms with van der Waals surface area (Å²) in [4.78, 5) is 11.8. The fourth-order valence-corrected chi connectivity index (χ4v) is 2.20. The first-order valence-electron chi connectivity index (χ1n) is 3.77. The Kier molecular flexibility index (Phi) is 3.83. The highest BCUT2D eigenvalue weighted by atomic mass is 79.9. The second-order valence-corrected chi connectivity index (χ2v) is 4.92. The maximum Gasteiger partial charge on any atom is 0.337 e. The molecule has 0 fully saturated rings. The molecule has 0 spiro atoms. The summed E-state index contributed by atoms with van der Waals surface area (Å²) in [6, 6.07) is 4.90. The number of hydrogen-bond donors (Lipinski definition) is 0. The molecule has 0 amide bonds. The van der Waals surface area contributed by atoms with Crippen LogP contribution in [0.4, 0.5) is 0 Å². The van der Waals surface area contributed by atoms with Crippen molar-refractivity contribution in [1.82, 2.24) is 0 Å². The normalized spacial score (nSPS) is 12.2. The maximum atomic E-state index is 11.2. The highest BCUT2D eigenvalue weighted by Gasteiger charge is 2.09. The van der Waals surface area contributed by atoms with E-state index in [1.54, 1.807) is 24.5 Å². The van der Waals surface area contributed by atoms with Crippen LogP contribution >= 0.6 is 15.9 Å². The van der Waals surface area contributed by atoms with E-state index < -0.39 is 16.8 Å². The lowest BCUT2D eigenvalue weighted by Gasteiger charge is -2.02. The number of ether oxygens (including phenoxy) is 1. The van der Waals surface area contributed by atoms with Crippen LogP contribution < -0.4 is 0 Å². The summed E-state index contributed by atoms with van der Waals surface area (Å²) in [5, 5.41) is 0. The van der Waals surface area contributed by atoms with Crippen molar-refractivity contribution >= 4 is 32.7 Å². The van der Waals surface area contributed by atoms with Crippen LogP contribution in [0.25, 0.3) is 0 Å². The van der Waals surface area contributed by atoms with E-state index in [1.165, 1.54) is 7.11 Å². The van der Waals surface area contributed by atoms with Crippen LogP contribution in [-0.2, 0) is 15.5 Å². The Morgan fingerprint density at radius 1 is 1.43 bits per heavy atom. The molecule has 0 saturated heterocycles. The Hall–Kier alpha value is -0.680. The quantitative estimate of drug-likeness (QED) is 0.776. The van der Waals surface area contributed by atoms with Crippen molar-refractivity contribution in [2.24, 2.45) is 0 Å². The lowest BCUT2D eigenvalue weighted by Crippen LogP contribution is -2.02. The SMILES string of the molecule is COC(=O)c1cc(Br)cc(S(C)=O)c1. The molecule has 1 atom stereocenters. The summed E-state index contributed by atoms with van der Waals surface area (Å²) in [5.41, 5.74) is 0.395. The average Bonchev–Trinajstić information content (AvgIpc) is 2.15. The summed E-state index contributed by atoms with van der Waals surface area (Å²) < 4.78 is 16.5. The Morgan fingerprint density at radius 3 is 2.57 bits per heavy atom. The van der Waals surface area contributed by atoms with E-state index in [4.69, 9.17) is 0 Å². The second kappa shape index (κ2) is 4.70. The van der Waals surface area contributed by atoms with Gasteiger partial charge in [-0.15, -0.1) is 0 Å². The number of benzene rings is 1. The first-order valence-corrected chi connectivity index (χ1v) is 6.12. The molecule has 0 bridgehead atoms. The molecule has 1 aromatic carbocycles. The van der Waals surface area contributed by atoms with E-state index in [-0.39, 0.29) is 0 Å². The smallest absolute Gasteiger partial charge is 0.337 e. The number of halogens is 1. The van der Waals surface area contributed by atoms with Gasteiger partial charge in [0.25, 0.3) is 0 Å². The molecule has 0 heterocycles. The molecule has 14 heavy (non-hydrogen) atoms. The van der Waals surface area contributed by atoms with E-state index in [0.717, 1.165) is 0 Å². The minimum absolute atomic E-state index is 0.395. The molecule has 0 aliphatic heterocycles. The summed E-state index contributed by atoms with van der Waals surface area (Å²) in [6.07, 6.45) is 1.56. The lowest BCUT2D eigenvalue weighted by atomic mass is 10.2. The summed E-state index contributed by atoms with van der Waals surface area (Å²) >= 11 is 3.24. The Labute approximate surface area is 93.0 Å². The molecule has 3 nitrogen and oxygen atoms in total. The van der Waals surface area contributed by atoms with Gasteiger partial charge in [0.1, 0.15) is 0 Å². The topological polar surface area (TPSA) is 43.4 Å². The van der Waals surface area contributed by atoms with Crippen molar-refractivity contribution < 1.29 is 13.7 Å². The van der Waals surface area contributed by atoms with Gasteiger partial charge in [0, 0.05) is 26.4 Å². The van der Waals surface area contributed by atoms with E-state index in [0.29, 0.717) is 14.9 Å². The number of carbonyl (C=O) groups is 1. The summed E-state index contributed by atoms with van der Waals surface area (Å²) in [7, 11) is 0.206. The van der Waals surface area contributed by atoms with E-state index in [2.05, 4.69) is 20.7 Å².